The van der Waals surface area contributed by atoms with Crippen LogP contribution in [0.4, 0.5) is 0 Å². The summed E-state index contributed by atoms with van der Waals surface area (Å²) in [5, 5.41) is 2.93. The van der Waals surface area contributed by atoms with Crippen molar-refractivity contribution in [1.82, 2.24) is 14.9 Å². The van der Waals surface area contributed by atoms with Crippen LogP contribution in [0.2, 0.25) is 0 Å². The predicted molar refractivity (Wildman–Crippen MR) is 95.0 cm³/mol. The molecule has 3 rings (SSSR count). The van der Waals surface area contributed by atoms with Gasteiger partial charge in [-0.25, -0.2) is 4.98 Å². The summed E-state index contributed by atoms with van der Waals surface area (Å²) >= 11 is 0. The van der Waals surface area contributed by atoms with E-state index in [1.54, 1.807) is 7.11 Å². The second kappa shape index (κ2) is 6.74. The molecule has 2 aromatic carbocycles. The van der Waals surface area contributed by atoms with Gasteiger partial charge in [-0.05, 0) is 38.1 Å². The number of carbonyl (C=O) groups is 1. The van der Waals surface area contributed by atoms with Gasteiger partial charge in [-0.3, -0.25) is 4.79 Å². The average Bonchev–Trinajstić information content (AvgIpc) is 2.93. The topological polar surface area (TPSA) is 56.2 Å². The maximum atomic E-state index is 12.3. The van der Waals surface area contributed by atoms with Crippen LogP contribution in [-0.4, -0.2) is 28.6 Å². The monoisotopic (exact) mass is 323 g/mol. The number of aromatic nitrogens is 2. The Morgan fingerprint density at radius 3 is 2.75 bits per heavy atom. The number of imidazole rings is 1. The third kappa shape index (κ3) is 3.25. The first-order valence-corrected chi connectivity index (χ1v) is 7.97. The third-order valence-corrected chi connectivity index (χ3v) is 3.73. The van der Waals surface area contributed by atoms with Gasteiger partial charge in [-0.15, -0.1) is 0 Å². The van der Waals surface area contributed by atoms with E-state index >= 15 is 0 Å². The molecule has 0 atom stereocenters. The maximum absolute atomic E-state index is 12.3. The number of carbonyl (C=O) groups excluding carboxylic acids is 1. The van der Waals surface area contributed by atoms with Crippen molar-refractivity contribution in [2.24, 2.45) is 0 Å². The molecule has 0 radical (unpaired) electrons. The normalized spacial score (nSPS) is 11.0. The molecule has 124 valence electrons. The quantitative estimate of drug-likeness (QED) is 0.784. The number of ether oxygens (including phenoxy) is 1. The summed E-state index contributed by atoms with van der Waals surface area (Å²) in [7, 11) is 1.64. The van der Waals surface area contributed by atoms with E-state index in [2.05, 4.69) is 5.32 Å². The van der Waals surface area contributed by atoms with Crippen molar-refractivity contribution in [3.05, 3.63) is 48.5 Å². The lowest BCUT2D eigenvalue weighted by Crippen LogP contribution is -2.33. The van der Waals surface area contributed by atoms with Crippen molar-refractivity contribution in [1.29, 1.82) is 0 Å². The van der Waals surface area contributed by atoms with E-state index in [1.807, 2.05) is 66.9 Å². The second-order valence-electron chi connectivity index (χ2n) is 5.96. The van der Waals surface area contributed by atoms with Gasteiger partial charge in [0.05, 0.1) is 18.1 Å². The van der Waals surface area contributed by atoms with Crippen LogP contribution in [0.5, 0.6) is 5.75 Å². The SMILES string of the molecule is COc1cccc(-c2nc3ccccc3n2CC(=O)NC(C)C)c1. The zero-order valence-corrected chi connectivity index (χ0v) is 14.1. The van der Waals surface area contributed by atoms with Gasteiger partial charge in [-0.2, -0.15) is 0 Å². The molecule has 0 fully saturated rings. The van der Waals surface area contributed by atoms with E-state index in [9.17, 15) is 4.79 Å². The van der Waals surface area contributed by atoms with Crippen molar-refractivity contribution in [2.45, 2.75) is 26.4 Å². The molecular formula is C19H21N3O2. The summed E-state index contributed by atoms with van der Waals surface area (Å²) in [6.07, 6.45) is 0. The van der Waals surface area contributed by atoms with Crippen molar-refractivity contribution < 1.29 is 9.53 Å². The number of nitrogens with zero attached hydrogens (tertiary/aromatic N) is 2. The fourth-order valence-corrected chi connectivity index (χ4v) is 2.73. The number of fused-ring (bicyclic) bond motifs is 1. The molecule has 24 heavy (non-hydrogen) atoms. The van der Waals surface area contributed by atoms with Crippen molar-refractivity contribution in [3.63, 3.8) is 0 Å². The Hall–Kier alpha value is -2.82. The van der Waals surface area contributed by atoms with Gasteiger partial charge < -0.3 is 14.6 Å². The highest BCUT2D eigenvalue weighted by atomic mass is 16.5. The lowest BCUT2D eigenvalue weighted by molar-refractivity contribution is -0.122. The van der Waals surface area contributed by atoms with Crippen LogP contribution in [0.25, 0.3) is 22.4 Å². The van der Waals surface area contributed by atoms with Crippen LogP contribution in [0.3, 0.4) is 0 Å². The first-order chi connectivity index (χ1) is 11.6. The third-order valence-electron chi connectivity index (χ3n) is 3.73. The first kappa shape index (κ1) is 16.1. The van der Waals surface area contributed by atoms with E-state index < -0.39 is 0 Å². The Morgan fingerprint density at radius 2 is 2.00 bits per heavy atom. The largest absolute Gasteiger partial charge is 0.497 e. The van der Waals surface area contributed by atoms with Crippen molar-refractivity contribution in [3.8, 4) is 17.1 Å². The highest BCUT2D eigenvalue weighted by molar-refractivity contribution is 5.84. The van der Waals surface area contributed by atoms with Crippen LogP contribution in [0, 0.1) is 0 Å². The Morgan fingerprint density at radius 1 is 1.21 bits per heavy atom. The molecule has 1 aromatic heterocycles. The molecule has 3 aromatic rings. The van der Waals surface area contributed by atoms with Crippen LogP contribution in [0.15, 0.2) is 48.5 Å². The van der Waals surface area contributed by atoms with Gasteiger partial charge in [0.1, 0.15) is 18.1 Å². The zero-order chi connectivity index (χ0) is 17.1. The molecule has 1 heterocycles. The van der Waals surface area contributed by atoms with E-state index in [-0.39, 0.29) is 18.5 Å². The highest BCUT2D eigenvalue weighted by Crippen LogP contribution is 2.27. The Bertz CT molecular complexity index is 868. The Balaban J connectivity index is 2.09. The molecule has 5 heteroatoms. The summed E-state index contributed by atoms with van der Waals surface area (Å²) in [5.41, 5.74) is 2.73. The van der Waals surface area contributed by atoms with Crippen molar-refractivity contribution in [2.75, 3.05) is 7.11 Å². The molecule has 0 spiro atoms. The number of hydrogen-bond acceptors (Lipinski definition) is 3. The molecule has 0 saturated carbocycles. The zero-order valence-electron chi connectivity index (χ0n) is 14.1. The summed E-state index contributed by atoms with van der Waals surface area (Å²) in [6.45, 7) is 4.13. The highest BCUT2D eigenvalue weighted by Gasteiger charge is 2.15. The maximum Gasteiger partial charge on any atom is 0.240 e. The molecule has 5 nitrogen and oxygen atoms in total. The van der Waals surface area contributed by atoms with E-state index in [0.717, 1.165) is 28.2 Å². The predicted octanol–water partition coefficient (Wildman–Crippen LogP) is 3.24. The van der Waals surface area contributed by atoms with Gasteiger partial charge in [0.25, 0.3) is 0 Å². The summed E-state index contributed by atoms with van der Waals surface area (Å²) in [4.78, 5) is 17.0. The van der Waals surface area contributed by atoms with Gasteiger partial charge in [0, 0.05) is 11.6 Å². The number of benzene rings is 2. The summed E-state index contributed by atoms with van der Waals surface area (Å²) in [6, 6.07) is 15.7. The molecule has 1 amide bonds. The summed E-state index contributed by atoms with van der Waals surface area (Å²) in [5.74, 6) is 1.49. The second-order valence-corrected chi connectivity index (χ2v) is 5.96. The van der Waals surface area contributed by atoms with Gasteiger partial charge in [0.2, 0.25) is 5.91 Å². The smallest absolute Gasteiger partial charge is 0.240 e. The number of amides is 1. The van der Waals surface area contributed by atoms with Crippen LogP contribution >= 0.6 is 0 Å². The fraction of sp³-hybridized carbons (Fsp3) is 0.263. The summed E-state index contributed by atoms with van der Waals surface area (Å²) < 4.78 is 7.25. The minimum Gasteiger partial charge on any atom is -0.497 e. The standard InChI is InChI=1S/C19H21N3O2/c1-13(2)20-18(23)12-22-17-10-5-4-9-16(17)21-19(22)14-7-6-8-15(11-14)24-3/h4-11,13H,12H2,1-3H3,(H,20,23). The molecule has 0 saturated heterocycles. The van der Waals surface area contributed by atoms with Gasteiger partial charge in [-0.1, -0.05) is 24.3 Å². The Labute approximate surface area is 141 Å². The number of hydrogen-bond donors (Lipinski definition) is 1. The van der Waals surface area contributed by atoms with E-state index in [0.29, 0.717) is 0 Å². The molecule has 0 unspecified atom stereocenters. The van der Waals surface area contributed by atoms with E-state index in [4.69, 9.17) is 9.72 Å². The minimum atomic E-state index is -0.0303. The van der Waals surface area contributed by atoms with Crippen LogP contribution in [-0.2, 0) is 11.3 Å². The van der Waals surface area contributed by atoms with Gasteiger partial charge >= 0.3 is 0 Å². The molecule has 0 aliphatic heterocycles. The molecule has 1 N–H and O–H groups in total. The fourth-order valence-electron chi connectivity index (χ4n) is 2.73. The van der Waals surface area contributed by atoms with Crippen LogP contribution < -0.4 is 10.1 Å². The number of nitrogens with one attached hydrogen (secondary N) is 1. The lowest BCUT2D eigenvalue weighted by Gasteiger charge is -2.12. The van der Waals surface area contributed by atoms with Crippen molar-refractivity contribution >= 4 is 16.9 Å². The molecule has 0 aliphatic rings. The van der Waals surface area contributed by atoms with E-state index in [1.165, 1.54) is 0 Å². The lowest BCUT2D eigenvalue weighted by atomic mass is 10.2. The first-order valence-electron chi connectivity index (χ1n) is 7.97. The minimum absolute atomic E-state index is 0.0303. The number of para-hydroxylation sites is 2. The molecule has 0 bridgehead atoms. The Kier molecular flexibility index (Phi) is 4.51. The number of rotatable bonds is 5. The number of methoxy groups -OCH3 is 1. The average molecular weight is 323 g/mol. The van der Waals surface area contributed by atoms with Gasteiger partial charge in [0.15, 0.2) is 0 Å². The molecule has 0 aliphatic carbocycles. The van der Waals surface area contributed by atoms with Crippen LogP contribution in [0.1, 0.15) is 13.8 Å². The molecular weight excluding hydrogens is 302 g/mol.